The smallest absolute Gasteiger partial charge is 0.244 e. The molecule has 2 fully saturated rings. The molecule has 132 valence electrons. The Balaban J connectivity index is 1.60. The van der Waals surface area contributed by atoms with E-state index in [1.54, 1.807) is 0 Å². The van der Waals surface area contributed by atoms with Gasteiger partial charge in [-0.15, -0.1) is 0 Å². The highest BCUT2D eigenvalue weighted by Crippen LogP contribution is 2.28. The maximum atomic E-state index is 12.5. The summed E-state index contributed by atoms with van der Waals surface area (Å²) in [6, 6.07) is 8.52. The van der Waals surface area contributed by atoms with Crippen molar-refractivity contribution < 1.29 is 9.53 Å². The highest BCUT2D eigenvalue weighted by atomic mass is 16.5. The lowest BCUT2D eigenvalue weighted by Crippen LogP contribution is -2.52. The molecule has 2 aliphatic rings. The third kappa shape index (κ3) is 3.97. The van der Waals surface area contributed by atoms with E-state index in [2.05, 4.69) is 29.3 Å². The average molecular weight is 331 g/mol. The van der Waals surface area contributed by atoms with Gasteiger partial charge in [-0.3, -0.25) is 9.69 Å². The zero-order valence-electron chi connectivity index (χ0n) is 14.6. The van der Waals surface area contributed by atoms with Crippen LogP contribution in [0.5, 0.6) is 0 Å². The molecule has 0 bridgehead atoms. The molecule has 5 nitrogen and oxygen atoms in total. The lowest BCUT2D eigenvalue weighted by Gasteiger charge is -2.33. The SMILES string of the molecule is CC(c1ccc(NC(=O)C2(N)CCCCC2)cc1)N1CCOCC1. The molecule has 0 spiro atoms. The summed E-state index contributed by atoms with van der Waals surface area (Å²) in [4.78, 5) is 14.9. The monoisotopic (exact) mass is 331 g/mol. The first-order valence-corrected chi connectivity index (χ1v) is 9.11. The van der Waals surface area contributed by atoms with Gasteiger partial charge >= 0.3 is 0 Å². The van der Waals surface area contributed by atoms with Crippen LogP contribution in [-0.2, 0) is 9.53 Å². The molecule has 1 amide bonds. The molecule has 1 atom stereocenters. The summed E-state index contributed by atoms with van der Waals surface area (Å²) in [5, 5.41) is 3.00. The van der Waals surface area contributed by atoms with Crippen molar-refractivity contribution in [1.29, 1.82) is 0 Å². The van der Waals surface area contributed by atoms with Crippen molar-refractivity contribution in [2.24, 2.45) is 5.73 Å². The normalized spacial score (nSPS) is 22.8. The second kappa shape index (κ2) is 7.64. The molecule has 1 aromatic carbocycles. The fourth-order valence-electron chi connectivity index (χ4n) is 3.69. The molecule has 24 heavy (non-hydrogen) atoms. The van der Waals surface area contributed by atoms with Crippen molar-refractivity contribution in [2.75, 3.05) is 31.6 Å². The maximum absolute atomic E-state index is 12.5. The molecule has 1 aliphatic heterocycles. The van der Waals surface area contributed by atoms with Gasteiger partial charge in [0.1, 0.15) is 0 Å². The van der Waals surface area contributed by atoms with Gasteiger partial charge in [-0.1, -0.05) is 31.4 Å². The lowest BCUT2D eigenvalue weighted by molar-refractivity contribution is -0.122. The van der Waals surface area contributed by atoms with Crippen molar-refractivity contribution in [3.63, 3.8) is 0 Å². The highest BCUT2D eigenvalue weighted by molar-refractivity contribution is 5.98. The Labute approximate surface area is 144 Å². The number of hydrogen-bond donors (Lipinski definition) is 2. The van der Waals surface area contributed by atoms with E-state index in [4.69, 9.17) is 10.5 Å². The van der Waals surface area contributed by atoms with E-state index in [-0.39, 0.29) is 5.91 Å². The number of carbonyl (C=O) groups excluding carboxylic acids is 1. The van der Waals surface area contributed by atoms with Gasteiger partial charge < -0.3 is 15.8 Å². The van der Waals surface area contributed by atoms with E-state index in [1.165, 1.54) is 12.0 Å². The Kier molecular flexibility index (Phi) is 5.54. The molecule has 0 aromatic heterocycles. The predicted molar refractivity (Wildman–Crippen MR) is 95.9 cm³/mol. The summed E-state index contributed by atoms with van der Waals surface area (Å²) in [7, 11) is 0. The summed E-state index contributed by atoms with van der Waals surface area (Å²) < 4.78 is 5.41. The van der Waals surface area contributed by atoms with Gasteiger partial charge in [-0.05, 0) is 37.5 Å². The minimum absolute atomic E-state index is 0.0452. The van der Waals surface area contributed by atoms with E-state index in [0.29, 0.717) is 6.04 Å². The number of anilines is 1. The molecule has 3 rings (SSSR count). The van der Waals surface area contributed by atoms with Gasteiger partial charge in [0.2, 0.25) is 5.91 Å². The van der Waals surface area contributed by atoms with E-state index < -0.39 is 5.54 Å². The quantitative estimate of drug-likeness (QED) is 0.890. The van der Waals surface area contributed by atoms with Crippen molar-refractivity contribution in [1.82, 2.24) is 4.90 Å². The first-order valence-electron chi connectivity index (χ1n) is 9.11. The standard InChI is InChI=1S/C19H29N3O2/c1-15(22-11-13-24-14-12-22)16-5-7-17(8-6-16)21-18(23)19(20)9-3-2-4-10-19/h5-8,15H,2-4,9-14,20H2,1H3,(H,21,23). The van der Waals surface area contributed by atoms with Crippen LogP contribution in [0.4, 0.5) is 5.69 Å². The maximum Gasteiger partial charge on any atom is 0.244 e. The van der Waals surface area contributed by atoms with Gasteiger partial charge in [0.15, 0.2) is 0 Å². The van der Waals surface area contributed by atoms with Crippen LogP contribution in [0.1, 0.15) is 50.6 Å². The number of carbonyl (C=O) groups is 1. The number of nitrogens with zero attached hydrogens (tertiary/aromatic N) is 1. The number of rotatable bonds is 4. The first-order chi connectivity index (χ1) is 11.6. The zero-order valence-corrected chi connectivity index (χ0v) is 14.6. The minimum atomic E-state index is -0.696. The number of benzene rings is 1. The number of nitrogens with one attached hydrogen (secondary N) is 1. The summed E-state index contributed by atoms with van der Waals surface area (Å²) >= 11 is 0. The van der Waals surface area contributed by atoms with Gasteiger partial charge in [0.25, 0.3) is 0 Å². The third-order valence-electron chi connectivity index (χ3n) is 5.44. The molecule has 1 unspecified atom stereocenters. The molecule has 1 heterocycles. The highest BCUT2D eigenvalue weighted by Gasteiger charge is 2.35. The average Bonchev–Trinajstić information content (AvgIpc) is 2.63. The van der Waals surface area contributed by atoms with Crippen LogP contribution in [0, 0.1) is 0 Å². The van der Waals surface area contributed by atoms with Crippen molar-refractivity contribution >= 4 is 11.6 Å². The number of nitrogens with two attached hydrogens (primary N) is 1. The van der Waals surface area contributed by atoms with Crippen molar-refractivity contribution in [3.8, 4) is 0 Å². The second-order valence-corrected chi connectivity index (χ2v) is 7.12. The van der Waals surface area contributed by atoms with Gasteiger partial charge in [-0.25, -0.2) is 0 Å². The van der Waals surface area contributed by atoms with Crippen LogP contribution in [0.15, 0.2) is 24.3 Å². The predicted octanol–water partition coefficient (Wildman–Crippen LogP) is 2.68. The topological polar surface area (TPSA) is 67.6 Å². The van der Waals surface area contributed by atoms with Gasteiger partial charge in [-0.2, -0.15) is 0 Å². The molecule has 3 N–H and O–H groups in total. The Morgan fingerprint density at radius 2 is 1.79 bits per heavy atom. The van der Waals surface area contributed by atoms with E-state index in [1.807, 2.05) is 12.1 Å². The van der Waals surface area contributed by atoms with Crippen LogP contribution in [0.2, 0.25) is 0 Å². The van der Waals surface area contributed by atoms with Gasteiger partial charge in [0.05, 0.1) is 18.8 Å². The number of hydrogen-bond acceptors (Lipinski definition) is 4. The summed E-state index contributed by atoms with van der Waals surface area (Å²) in [5.41, 5.74) is 7.69. The van der Waals surface area contributed by atoms with Gasteiger partial charge in [0, 0.05) is 24.8 Å². The summed E-state index contributed by atoms with van der Waals surface area (Å²) in [6.07, 6.45) is 4.83. The molecule has 0 radical (unpaired) electrons. The Hall–Kier alpha value is -1.43. The van der Waals surface area contributed by atoms with Crippen molar-refractivity contribution in [2.45, 2.75) is 50.6 Å². The van der Waals surface area contributed by atoms with Crippen LogP contribution >= 0.6 is 0 Å². The fraction of sp³-hybridized carbons (Fsp3) is 0.632. The number of morpholine rings is 1. The number of ether oxygens (including phenoxy) is 1. The van der Waals surface area contributed by atoms with Crippen LogP contribution < -0.4 is 11.1 Å². The van der Waals surface area contributed by atoms with Crippen LogP contribution in [0.25, 0.3) is 0 Å². The molecule has 1 aliphatic carbocycles. The first kappa shape index (κ1) is 17.4. The van der Waals surface area contributed by atoms with E-state index in [9.17, 15) is 4.79 Å². The molecular weight excluding hydrogens is 302 g/mol. The second-order valence-electron chi connectivity index (χ2n) is 7.12. The van der Waals surface area contributed by atoms with E-state index >= 15 is 0 Å². The third-order valence-corrected chi connectivity index (χ3v) is 5.44. The van der Waals surface area contributed by atoms with Crippen molar-refractivity contribution in [3.05, 3.63) is 29.8 Å². The minimum Gasteiger partial charge on any atom is -0.379 e. The largest absolute Gasteiger partial charge is 0.379 e. The fourth-order valence-corrected chi connectivity index (χ4v) is 3.69. The Morgan fingerprint density at radius 3 is 2.42 bits per heavy atom. The Morgan fingerprint density at radius 1 is 1.17 bits per heavy atom. The van der Waals surface area contributed by atoms with Crippen LogP contribution in [0.3, 0.4) is 0 Å². The molecule has 5 heteroatoms. The summed E-state index contributed by atoms with van der Waals surface area (Å²) in [5.74, 6) is -0.0452. The molecular formula is C19H29N3O2. The zero-order chi connectivity index (χ0) is 17.0. The molecule has 1 aromatic rings. The lowest BCUT2D eigenvalue weighted by atomic mass is 9.82. The summed E-state index contributed by atoms with van der Waals surface area (Å²) in [6.45, 7) is 5.76. The van der Waals surface area contributed by atoms with E-state index in [0.717, 1.165) is 57.7 Å². The van der Waals surface area contributed by atoms with Crippen LogP contribution in [-0.4, -0.2) is 42.6 Å². The number of amides is 1. The molecule has 1 saturated heterocycles. The Bertz CT molecular complexity index is 546. The molecule has 1 saturated carbocycles.